The van der Waals surface area contributed by atoms with Crippen LogP contribution in [0.3, 0.4) is 0 Å². The summed E-state index contributed by atoms with van der Waals surface area (Å²) in [6.45, 7) is 2.74. The molecular formula is C21H32N4O7S. The van der Waals surface area contributed by atoms with E-state index in [2.05, 4.69) is 16.0 Å². The maximum Gasteiger partial charge on any atom is 0.326 e. The fourth-order valence-electron chi connectivity index (χ4n) is 2.74. The highest BCUT2D eigenvalue weighted by molar-refractivity contribution is 7.98. The molecule has 0 aliphatic heterocycles. The van der Waals surface area contributed by atoms with Crippen molar-refractivity contribution in [3.05, 3.63) is 29.8 Å². The minimum absolute atomic E-state index is 0.0196. The van der Waals surface area contributed by atoms with Crippen molar-refractivity contribution >= 4 is 35.5 Å². The number of carbonyl (C=O) groups is 4. The number of rotatable bonds is 13. The van der Waals surface area contributed by atoms with Crippen molar-refractivity contribution in [1.82, 2.24) is 16.0 Å². The van der Waals surface area contributed by atoms with Gasteiger partial charge in [-0.05, 0) is 50.0 Å². The van der Waals surface area contributed by atoms with E-state index in [-0.39, 0.29) is 18.6 Å². The molecule has 184 valence electrons. The summed E-state index contributed by atoms with van der Waals surface area (Å²) in [4.78, 5) is 49.0. The van der Waals surface area contributed by atoms with Crippen LogP contribution in [0.15, 0.2) is 24.3 Å². The summed E-state index contributed by atoms with van der Waals surface area (Å²) in [6.07, 6.45) is 0.927. The molecule has 0 saturated heterocycles. The molecule has 0 aliphatic carbocycles. The lowest BCUT2D eigenvalue weighted by atomic mass is 10.0. The molecule has 11 nitrogen and oxygen atoms in total. The molecule has 1 aromatic rings. The number of phenols is 1. The summed E-state index contributed by atoms with van der Waals surface area (Å²) in [5.74, 6) is -2.76. The first-order chi connectivity index (χ1) is 15.5. The van der Waals surface area contributed by atoms with Crippen LogP contribution in [-0.2, 0) is 25.6 Å². The number of amides is 3. The standard InChI is InChI=1S/C21H32N4O7S/c1-11(23-20(30)17(22)12(2)26)18(28)24-15(8-9-33-3)19(29)25-16(21(31)32)10-13-4-6-14(27)7-5-13/h4-7,11-12,15-17,26-27H,8-10,22H2,1-3H3,(H,23,30)(H,24,28)(H,25,29)(H,31,32). The fourth-order valence-corrected chi connectivity index (χ4v) is 3.21. The molecule has 5 atom stereocenters. The number of thioether (sulfide) groups is 1. The molecule has 0 fully saturated rings. The van der Waals surface area contributed by atoms with Gasteiger partial charge in [0.05, 0.1) is 6.10 Å². The van der Waals surface area contributed by atoms with E-state index in [1.807, 2.05) is 6.26 Å². The molecule has 1 rings (SSSR count). The smallest absolute Gasteiger partial charge is 0.326 e. The third-order valence-electron chi connectivity index (χ3n) is 4.81. The van der Waals surface area contributed by atoms with Crippen LogP contribution in [0.2, 0.25) is 0 Å². The minimum Gasteiger partial charge on any atom is -0.508 e. The van der Waals surface area contributed by atoms with Gasteiger partial charge in [-0.1, -0.05) is 12.1 Å². The van der Waals surface area contributed by atoms with E-state index >= 15 is 0 Å². The lowest BCUT2D eigenvalue weighted by Crippen LogP contribution is -2.57. The molecule has 5 unspecified atom stereocenters. The second kappa shape index (κ2) is 13.7. The van der Waals surface area contributed by atoms with Crippen LogP contribution in [0, 0.1) is 0 Å². The third-order valence-corrected chi connectivity index (χ3v) is 5.45. The average molecular weight is 485 g/mol. The van der Waals surface area contributed by atoms with Crippen LogP contribution < -0.4 is 21.7 Å². The van der Waals surface area contributed by atoms with E-state index in [0.717, 1.165) is 0 Å². The number of nitrogens with two attached hydrogens (primary N) is 1. The zero-order chi connectivity index (χ0) is 25.1. The molecule has 8 N–H and O–H groups in total. The molecule has 0 spiro atoms. The third kappa shape index (κ3) is 9.68. The van der Waals surface area contributed by atoms with Crippen molar-refractivity contribution < 1.29 is 34.5 Å². The van der Waals surface area contributed by atoms with Crippen molar-refractivity contribution in [3.8, 4) is 5.75 Å². The molecule has 1 aromatic carbocycles. The van der Waals surface area contributed by atoms with E-state index in [9.17, 15) is 34.5 Å². The van der Waals surface area contributed by atoms with Crippen LogP contribution >= 0.6 is 11.8 Å². The molecule has 0 radical (unpaired) electrons. The first kappa shape index (κ1) is 28.2. The summed E-state index contributed by atoms with van der Waals surface area (Å²) in [5.41, 5.74) is 6.14. The molecule has 12 heteroatoms. The Morgan fingerprint density at radius 2 is 1.55 bits per heavy atom. The first-order valence-corrected chi connectivity index (χ1v) is 11.7. The number of aliphatic hydroxyl groups is 1. The highest BCUT2D eigenvalue weighted by Gasteiger charge is 2.29. The molecule has 0 saturated carbocycles. The number of phenolic OH excluding ortho intramolecular Hbond substituents is 1. The highest BCUT2D eigenvalue weighted by Crippen LogP contribution is 2.12. The summed E-state index contributed by atoms with van der Waals surface area (Å²) >= 11 is 1.44. The van der Waals surface area contributed by atoms with Crippen LogP contribution in [0.1, 0.15) is 25.8 Å². The van der Waals surface area contributed by atoms with Crippen molar-refractivity contribution in [2.45, 2.75) is 57.0 Å². The molecule has 0 aromatic heterocycles. The Bertz CT molecular complexity index is 819. The Balaban J connectivity index is 2.84. The second-order valence-electron chi connectivity index (χ2n) is 7.61. The van der Waals surface area contributed by atoms with E-state index < -0.39 is 54.0 Å². The second-order valence-corrected chi connectivity index (χ2v) is 8.59. The Labute approximate surface area is 196 Å². The number of aromatic hydroxyl groups is 1. The van der Waals surface area contributed by atoms with E-state index in [4.69, 9.17) is 5.73 Å². The van der Waals surface area contributed by atoms with Gasteiger partial charge < -0.3 is 37.0 Å². The normalized spacial score (nSPS) is 15.4. The van der Waals surface area contributed by atoms with E-state index in [0.29, 0.717) is 11.3 Å². The predicted molar refractivity (Wildman–Crippen MR) is 124 cm³/mol. The summed E-state index contributed by atoms with van der Waals surface area (Å²) in [7, 11) is 0. The largest absolute Gasteiger partial charge is 0.508 e. The zero-order valence-corrected chi connectivity index (χ0v) is 19.6. The average Bonchev–Trinajstić information content (AvgIpc) is 2.76. The Morgan fingerprint density at radius 3 is 2.06 bits per heavy atom. The van der Waals surface area contributed by atoms with Crippen LogP contribution in [-0.4, -0.2) is 81.3 Å². The number of hydrogen-bond acceptors (Lipinski definition) is 8. The van der Waals surface area contributed by atoms with Gasteiger partial charge in [-0.3, -0.25) is 14.4 Å². The predicted octanol–water partition coefficient (Wildman–Crippen LogP) is -1.05. The molecular weight excluding hydrogens is 452 g/mol. The van der Waals surface area contributed by atoms with Crippen molar-refractivity contribution in [1.29, 1.82) is 0 Å². The van der Waals surface area contributed by atoms with Gasteiger partial charge in [0.15, 0.2) is 0 Å². The molecule has 0 aliphatic rings. The minimum atomic E-state index is -1.25. The lowest BCUT2D eigenvalue weighted by Gasteiger charge is -2.24. The maximum absolute atomic E-state index is 12.8. The number of carbonyl (C=O) groups excluding carboxylic acids is 3. The van der Waals surface area contributed by atoms with Crippen molar-refractivity contribution in [2.24, 2.45) is 5.73 Å². The first-order valence-electron chi connectivity index (χ1n) is 10.3. The van der Waals surface area contributed by atoms with Gasteiger partial charge in [-0.25, -0.2) is 4.79 Å². The Hall–Kier alpha value is -2.83. The maximum atomic E-state index is 12.8. The monoisotopic (exact) mass is 484 g/mol. The number of benzene rings is 1. The summed E-state index contributed by atoms with van der Waals surface area (Å²) < 4.78 is 0. The van der Waals surface area contributed by atoms with Crippen LogP contribution in [0.25, 0.3) is 0 Å². The number of carboxylic acid groups (broad SMARTS) is 1. The molecule has 33 heavy (non-hydrogen) atoms. The molecule has 0 heterocycles. The number of aliphatic carboxylic acids is 1. The number of carboxylic acids is 1. The van der Waals surface area contributed by atoms with Gasteiger partial charge in [0.2, 0.25) is 17.7 Å². The van der Waals surface area contributed by atoms with Crippen LogP contribution in [0.4, 0.5) is 0 Å². The zero-order valence-electron chi connectivity index (χ0n) is 18.8. The highest BCUT2D eigenvalue weighted by atomic mass is 32.2. The lowest BCUT2D eigenvalue weighted by molar-refractivity contribution is -0.142. The summed E-state index contributed by atoms with van der Waals surface area (Å²) in [6, 6.07) is 1.38. The Kier molecular flexibility index (Phi) is 11.7. The van der Waals surface area contributed by atoms with Gasteiger partial charge in [0.1, 0.15) is 29.9 Å². The summed E-state index contributed by atoms with van der Waals surface area (Å²) in [5, 5.41) is 35.6. The fraction of sp³-hybridized carbons (Fsp3) is 0.524. The molecule has 3 amide bonds. The topological polar surface area (TPSA) is 191 Å². The van der Waals surface area contributed by atoms with Gasteiger partial charge >= 0.3 is 5.97 Å². The van der Waals surface area contributed by atoms with Gasteiger partial charge in [0.25, 0.3) is 0 Å². The number of aliphatic hydroxyl groups excluding tert-OH is 1. The van der Waals surface area contributed by atoms with Gasteiger partial charge in [-0.2, -0.15) is 11.8 Å². The molecule has 0 bridgehead atoms. The van der Waals surface area contributed by atoms with E-state index in [1.54, 1.807) is 12.1 Å². The number of hydrogen-bond donors (Lipinski definition) is 7. The van der Waals surface area contributed by atoms with E-state index in [1.165, 1.54) is 37.7 Å². The van der Waals surface area contributed by atoms with Gasteiger partial charge in [-0.15, -0.1) is 0 Å². The SMILES string of the molecule is CSCCC(NC(=O)C(C)NC(=O)C(N)C(C)O)C(=O)NC(Cc1ccc(O)cc1)C(=O)O. The number of nitrogens with one attached hydrogen (secondary N) is 3. The van der Waals surface area contributed by atoms with Crippen molar-refractivity contribution in [3.63, 3.8) is 0 Å². The van der Waals surface area contributed by atoms with Crippen molar-refractivity contribution in [2.75, 3.05) is 12.0 Å². The van der Waals surface area contributed by atoms with Crippen LogP contribution in [0.5, 0.6) is 5.75 Å². The van der Waals surface area contributed by atoms with Gasteiger partial charge in [0, 0.05) is 6.42 Å². The quantitative estimate of drug-likeness (QED) is 0.183. The Morgan fingerprint density at radius 1 is 0.970 bits per heavy atom.